The van der Waals surface area contributed by atoms with E-state index in [0.717, 1.165) is 14.7 Å². The highest BCUT2D eigenvalue weighted by Crippen LogP contribution is 2.34. The van der Waals surface area contributed by atoms with Crippen LogP contribution in [0.3, 0.4) is 0 Å². The molecule has 4 rings (SSSR count). The van der Waals surface area contributed by atoms with Gasteiger partial charge in [-0.1, -0.05) is 12.1 Å². The highest BCUT2D eigenvalue weighted by molar-refractivity contribution is 9.10. The molecule has 0 radical (unpaired) electrons. The Morgan fingerprint density at radius 3 is 2.32 bits per heavy atom. The maximum absolute atomic E-state index is 12.8. The maximum atomic E-state index is 12.8. The number of amides is 1. The Morgan fingerprint density at radius 1 is 1.07 bits per heavy atom. The molecule has 1 amide bonds. The number of hydrogen-bond acceptors (Lipinski definition) is 8. The summed E-state index contributed by atoms with van der Waals surface area (Å²) in [5, 5.41) is 11.7. The number of hydrogen-bond donors (Lipinski definition) is 3. The fraction of sp³-hybridized carbons (Fsp3) is 0.185. The van der Waals surface area contributed by atoms with Crippen LogP contribution in [0, 0.1) is 13.8 Å². The van der Waals surface area contributed by atoms with Gasteiger partial charge in [-0.15, -0.1) is 0 Å². The molecule has 1 heterocycles. The Balaban J connectivity index is 1.53. The summed E-state index contributed by atoms with van der Waals surface area (Å²) in [4.78, 5) is 39.9. The van der Waals surface area contributed by atoms with Gasteiger partial charge in [0.1, 0.15) is 17.2 Å². The number of aromatic nitrogens is 3. The molecule has 214 valence electrons. The van der Waals surface area contributed by atoms with Crippen LogP contribution >= 0.6 is 15.9 Å². The molecule has 0 unspecified atom stereocenters. The largest absolute Gasteiger partial charge is 0.496 e. The molecule has 12 nitrogen and oxygen atoms in total. The van der Waals surface area contributed by atoms with Crippen molar-refractivity contribution in [2.45, 2.75) is 25.2 Å². The highest BCUT2D eigenvalue weighted by atomic mass is 79.9. The van der Waals surface area contributed by atoms with Gasteiger partial charge in [0.25, 0.3) is 11.5 Å². The van der Waals surface area contributed by atoms with Crippen LogP contribution in [0.25, 0.3) is 5.69 Å². The molecule has 0 saturated heterocycles. The molecule has 0 fully saturated rings. The smallest absolute Gasteiger partial charge is 0.349 e. The summed E-state index contributed by atoms with van der Waals surface area (Å²) in [7, 11) is -2.24. The number of carbonyl (C=O) groups excluding carboxylic acids is 1. The third-order valence-corrected chi connectivity index (χ3v) is 7.58. The first kappa shape index (κ1) is 29.7. The summed E-state index contributed by atoms with van der Waals surface area (Å²) in [5.41, 5.74) is 0.201. The molecule has 0 bridgehead atoms. The summed E-state index contributed by atoms with van der Waals surface area (Å²) in [6, 6.07) is 14.5. The number of nitrogens with one attached hydrogen (secondary N) is 2. The number of aromatic amines is 1. The van der Waals surface area contributed by atoms with Crippen LogP contribution in [0.4, 0.5) is 0 Å². The Morgan fingerprint density at radius 2 is 1.73 bits per heavy atom. The molecule has 4 aromatic rings. The minimum atomic E-state index is -3.81. The molecule has 0 atom stereocenters. The van der Waals surface area contributed by atoms with E-state index in [4.69, 9.17) is 14.6 Å². The summed E-state index contributed by atoms with van der Waals surface area (Å²) in [6.07, 6.45) is 0.346. The van der Waals surface area contributed by atoms with Crippen molar-refractivity contribution in [1.82, 2.24) is 20.1 Å². The fourth-order valence-corrected chi connectivity index (χ4v) is 5.05. The summed E-state index contributed by atoms with van der Waals surface area (Å²) in [5.74, 6) is 1.01. The minimum absolute atomic E-state index is 0.0258. The molecule has 3 aromatic carbocycles. The molecule has 14 heteroatoms. The van der Waals surface area contributed by atoms with Gasteiger partial charge in [-0.25, -0.2) is 18.4 Å². The van der Waals surface area contributed by atoms with Gasteiger partial charge < -0.3 is 14.8 Å². The van der Waals surface area contributed by atoms with Crippen LogP contribution < -0.4 is 31.2 Å². The van der Waals surface area contributed by atoms with Crippen LogP contribution in [0.5, 0.6) is 17.2 Å². The lowest BCUT2D eigenvalue weighted by Crippen LogP contribution is -2.39. The summed E-state index contributed by atoms with van der Waals surface area (Å²) >= 11 is 3.43. The van der Waals surface area contributed by atoms with Crippen molar-refractivity contribution in [3.8, 4) is 22.9 Å². The number of nitrogens with zero attached hydrogens (tertiary/aromatic N) is 2. The molecular formula is C27H26BrN5O7S. The number of halogens is 1. The zero-order valence-corrected chi connectivity index (χ0v) is 24.6. The number of methoxy groups -OCH3 is 1. The molecule has 41 heavy (non-hydrogen) atoms. The number of carbonyl (C=O) groups is 1. The lowest BCUT2D eigenvalue weighted by Gasteiger charge is -2.15. The van der Waals surface area contributed by atoms with E-state index in [0.29, 0.717) is 40.5 Å². The van der Waals surface area contributed by atoms with Gasteiger partial charge >= 0.3 is 5.69 Å². The number of H-pyrrole nitrogens is 1. The number of ether oxygens (including phenoxy) is 2. The predicted molar refractivity (Wildman–Crippen MR) is 155 cm³/mol. The SMILES string of the molecule is COc1ccc(Oc2c(C)cc(-n3nc(C(=O)NCCc4ccc(S(N)(=O)=O)cc4)c(=O)[nH]c3=O)cc2C)cc1Br. The lowest BCUT2D eigenvalue weighted by atomic mass is 10.1. The fourth-order valence-electron chi connectivity index (χ4n) is 4.01. The Kier molecular flexibility index (Phi) is 8.75. The monoisotopic (exact) mass is 643 g/mol. The lowest BCUT2D eigenvalue weighted by molar-refractivity contribution is 0.0945. The molecule has 0 aliphatic carbocycles. The normalized spacial score (nSPS) is 11.2. The quantitative estimate of drug-likeness (QED) is 0.249. The molecule has 0 aliphatic rings. The van der Waals surface area contributed by atoms with Gasteiger partial charge in [0.2, 0.25) is 15.7 Å². The zero-order valence-electron chi connectivity index (χ0n) is 22.2. The average molecular weight is 645 g/mol. The molecular weight excluding hydrogens is 618 g/mol. The van der Waals surface area contributed by atoms with Crippen molar-refractivity contribution in [2.75, 3.05) is 13.7 Å². The first-order chi connectivity index (χ1) is 19.4. The predicted octanol–water partition coefficient (Wildman–Crippen LogP) is 2.72. The van der Waals surface area contributed by atoms with Crippen molar-refractivity contribution in [3.05, 3.63) is 102 Å². The van der Waals surface area contributed by atoms with E-state index in [-0.39, 0.29) is 11.4 Å². The van der Waals surface area contributed by atoms with E-state index < -0.39 is 32.9 Å². The minimum Gasteiger partial charge on any atom is -0.496 e. The summed E-state index contributed by atoms with van der Waals surface area (Å²) < 4.78 is 35.8. The standard InChI is InChI=1S/C27H26BrN5O7S/c1-15-12-18(13-16(2)24(15)40-19-6-9-22(39-3)21(28)14-19)33-27(36)31-26(35)23(32-33)25(34)30-11-10-17-4-7-20(8-5-17)41(29,37)38/h4-9,12-14H,10-11H2,1-3H3,(H,30,34)(H2,29,37,38)(H,31,35,36). The Labute approximate surface area is 243 Å². The topological polar surface area (TPSA) is 175 Å². The van der Waals surface area contributed by atoms with Gasteiger partial charge in [-0.05, 0) is 95.4 Å². The zero-order chi connectivity index (χ0) is 29.9. The first-order valence-electron chi connectivity index (χ1n) is 12.1. The number of aryl methyl sites for hydroxylation is 2. The van der Waals surface area contributed by atoms with E-state index in [1.54, 1.807) is 63.4 Å². The molecule has 0 saturated carbocycles. The number of rotatable bonds is 9. The van der Waals surface area contributed by atoms with Crippen LogP contribution in [0.15, 0.2) is 73.6 Å². The number of primary sulfonamides is 1. The van der Waals surface area contributed by atoms with Gasteiger partial charge in [0.05, 0.1) is 22.2 Å². The van der Waals surface area contributed by atoms with Crippen LogP contribution in [0.2, 0.25) is 0 Å². The molecule has 0 spiro atoms. The molecule has 0 aliphatic heterocycles. The number of nitrogens with two attached hydrogens (primary N) is 1. The maximum Gasteiger partial charge on any atom is 0.349 e. The van der Waals surface area contributed by atoms with Crippen LogP contribution in [-0.4, -0.2) is 42.7 Å². The highest BCUT2D eigenvalue weighted by Gasteiger charge is 2.18. The van der Waals surface area contributed by atoms with E-state index in [1.165, 1.54) is 12.1 Å². The van der Waals surface area contributed by atoms with Crippen molar-refractivity contribution in [3.63, 3.8) is 0 Å². The number of sulfonamides is 1. The first-order valence-corrected chi connectivity index (χ1v) is 14.5. The Hall–Kier alpha value is -4.27. The van der Waals surface area contributed by atoms with Gasteiger partial charge in [-0.2, -0.15) is 9.78 Å². The van der Waals surface area contributed by atoms with E-state index in [9.17, 15) is 22.8 Å². The number of benzene rings is 3. The molecule has 4 N–H and O–H groups in total. The molecule has 1 aromatic heterocycles. The van der Waals surface area contributed by atoms with E-state index in [1.807, 2.05) is 0 Å². The second kappa shape index (κ2) is 12.1. The van der Waals surface area contributed by atoms with Crippen molar-refractivity contribution < 1.29 is 22.7 Å². The van der Waals surface area contributed by atoms with Crippen LogP contribution in [0.1, 0.15) is 27.2 Å². The van der Waals surface area contributed by atoms with Crippen molar-refractivity contribution in [2.24, 2.45) is 5.14 Å². The second-order valence-electron chi connectivity index (χ2n) is 9.02. The van der Waals surface area contributed by atoms with Gasteiger partial charge in [0.15, 0.2) is 0 Å². The average Bonchev–Trinajstić information content (AvgIpc) is 2.90. The van der Waals surface area contributed by atoms with E-state index in [2.05, 4.69) is 31.3 Å². The van der Waals surface area contributed by atoms with Crippen LogP contribution in [-0.2, 0) is 16.4 Å². The third-order valence-electron chi connectivity index (χ3n) is 6.03. The summed E-state index contributed by atoms with van der Waals surface area (Å²) in [6.45, 7) is 3.72. The Bertz CT molecular complexity index is 1830. The second-order valence-corrected chi connectivity index (χ2v) is 11.4. The van der Waals surface area contributed by atoms with Crippen molar-refractivity contribution in [1.29, 1.82) is 0 Å². The van der Waals surface area contributed by atoms with Crippen molar-refractivity contribution >= 4 is 31.9 Å². The third kappa shape index (κ3) is 6.90. The van der Waals surface area contributed by atoms with E-state index >= 15 is 0 Å². The van der Waals surface area contributed by atoms with Gasteiger partial charge in [0, 0.05) is 6.54 Å². The van der Waals surface area contributed by atoms with Gasteiger partial charge in [-0.3, -0.25) is 14.6 Å².